The highest BCUT2D eigenvalue weighted by atomic mass is 16.1. The Balaban J connectivity index is 1.28. The van der Waals surface area contributed by atoms with Gasteiger partial charge in [0.2, 0.25) is 5.91 Å². The predicted octanol–water partition coefficient (Wildman–Crippen LogP) is 1.91. The lowest BCUT2D eigenvalue weighted by atomic mass is 9.95. The van der Waals surface area contributed by atoms with Gasteiger partial charge in [-0.3, -0.25) is 4.79 Å². The molecule has 0 saturated carbocycles. The molecule has 9 nitrogen and oxygen atoms in total. The Morgan fingerprint density at radius 1 is 1.10 bits per heavy atom. The first kappa shape index (κ1) is 19.9. The van der Waals surface area contributed by atoms with Gasteiger partial charge in [0, 0.05) is 50.3 Å². The molecule has 9 heteroatoms. The fourth-order valence-electron chi connectivity index (χ4n) is 5.04. The van der Waals surface area contributed by atoms with Crippen molar-refractivity contribution in [1.82, 2.24) is 24.4 Å². The molecule has 3 aliphatic rings. The zero-order valence-corrected chi connectivity index (χ0v) is 17.8. The number of piperidine rings is 1. The van der Waals surface area contributed by atoms with Crippen LogP contribution in [0.1, 0.15) is 55.1 Å². The third-order valence-corrected chi connectivity index (χ3v) is 6.72. The Bertz CT molecular complexity index is 995. The van der Waals surface area contributed by atoms with E-state index in [1.54, 1.807) is 0 Å². The van der Waals surface area contributed by atoms with Crippen LogP contribution >= 0.6 is 0 Å². The molecule has 0 radical (unpaired) electrons. The summed E-state index contributed by atoms with van der Waals surface area (Å²) >= 11 is 0. The first-order valence-corrected chi connectivity index (χ1v) is 11.3. The highest BCUT2D eigenvalue weighted by molar-refractivity contribution is 5.93. The van der Waals surface area contributed by atoms with Crippen LogP contribution in [-0.4, -0.2) is 63.0 Å². The smallest absolute Gasteiger partial charge is 0.225 e. The fourth-order valence-corrected chi connectivity index (χ4v) is 5.04. The maximum atomic E-state index is 11.7. The summed E-state index contributed by atoms with van der Waals surface area (Å²) < 4.78 is 2.21. The van der Waals surface area contributed by atoms with Crippen LogP contribution in [0.25, 0.3) is 0 Å². The van der Waals surface area contributed by atoms with Crippen molar-refractivity contribution in [3.63, 3.8) is 0 Å². The molecular formula is C22H28N8O. The molecule has 3 aliphatic heterocycles. The van der Waals surface area contributed by atoms with Gasteiger partial charge >= 0.3 is 0 Å². The summed E-state index contributed by atoms with van der Waals surface area (Å²) in [6, 6.07) is 2.22. The number of rotatable bonds is 5. The van der Waals surface area contributed by atoms with Gasteiger partial charge in [-0.05, 0) is 45.2 Å². The second-order valence-corrected chi connectivity index (χ2v) is 8.67. The highest BCUT2D eigenvalue weighted by Gasteiger charge is 2.29. The third-order valence-electron chi connectivity index (χ3n) is 6.72. The van der Waals surface area contributed by atoms with E-state index in [0.29, 0.717) is 30.3 Å². The topological polar surface area (TPSA) is 103 Å². The van der Waals surface area contributed by atoms with E-state index >= 15 is 0 Å². The molecule has 1 amide bonds. The first-order valence-electron chi connectivity index (χ1n) is 11.3. The van der Waals surface area contributed by atoms with E-state index in [2.05, 4.69) is 40.7 Å². The van der Waals surface area contributed by atoms with Crippen molar-refractivity contribution in [2.45, 2.75) is 51.0 Å². The number of carbonyl (C=O) groups is 1. The summed E-state index contributed by atoms with van der Waals surface area (Å²) in [6.07, 6.45) is 9.13. The van der Waals surface area contributed by atoms with Crippen LogP contribution < -0.4 is 10.2 Å². The van der Waals surface area contributed by atoms with Crippen molar-refractivity contribution in [2.24, 2.45) is 0 Å². The van der Waals surface area contributed by atoms with E-state index in [9.17, 15) is 10.1 Å². The third kappa shape index (κ3) is 4.12. The number of imidazole rings is 1. The van der Waals surface area contributed by atoms with E-state index in [0.717, 1.165) is 56.2 Å². The Morgan fingerprint density at radius 3 is 2.68 bits per heavy atom. The molecule has 162 valence electrons. The Kier molecular flexibility index (Phi) is 5.55. The number of anilines is 2. The molecular weight excluding hydrogens is 392 g/mol. The maximum Gasteiger partial charge on any atom is 0.225 e. The lowest BCUT2D eigenvalue weighted by Crippen LogP contribution is -2.36. The van der Waals surface area contributed by atoms with Gasteiger partial charge in [0.1, 0.15) is 29.9 Å². The number of nitrogens with zero attached hydrogens (tertiary/aromatic N) is 7. The molecule has 5 rings (SSSR count). The number of aromatic nitrogens is 4. The van der Waals surface area contributed by atoms with Crippen molar-refractivity contribution in [3.05, 3.63) is 29.6 Å². The molecule has 2 aromatic rings. The van der Waals surface area contributed by atoms with Gasteiger partial charge in [-0.1, -0.05) is 0 Å². The van der Waals surface area contributed by atoms with Crippen LogP contribution in [0.15, 0.2) is 12.5 Å². The molecule has 5 heterocycles. The molecule has 31 heavy (non-hydrogen) atoms. The monoisotopic (exact) mass is 420 g/mol. The SMILES string of the molecule is N#Cc1cn(CCN2CCCC2)c(C2CCN(c3ncnc4c3CCC(=O)N4)CC2)n1. The van der Waals surface area contributed by atoms with Crippen LogP contribution in [0, 0.1) is 11.3 Å². The van der Waals surface area contributed by atoms with Gasteiger partial charge in [-0.25, -0.2) is 15.0 Å². The zero-order valence-electron chi connectivity index (χ0n) is 17.8. The maximum absolute atomic E-state index is 11.7. The second kappa shape index (κ2) is 8.63. The van der Waals surface area contributed by atoms with Crippen LogP contribution in [0.2, 0.25) is 0 Å². The summed E-state index contributed by atoms with van der Waals surface area (Å²) in [7, 11) is 0. The number of hydrogen-bond donors (Lipinski definition) is 1. The Hall–Kier alpha value is -2.99. The van der Waals surface area contributed by atoms with Crippen molar-refractivity contribution >= 4 is 17.5 Å². The zero-order chi connectivity index (χ0) is 21.2. The molecule has 2 saturated heterocycles. The Labute approximate surface area is 182 Å². The largest absolute Gasteiger partial charge is 0.356 e. The quantitative estimate of drug-likeness (QED) is 0.788. The summed E-state index contributed by atoms with van der Waals surface area (Å²) in [5, 5.41) is 12.2. The lowest BCUT2D eigenvalue weighted by molar-refractivity contribution is -0.116. The molecule has 0 atom stereocenters. The normalized spacial score (nSPS) is 19.8. The lowest BCUT2D eigenvalue weighted by Gasteiger charge is -2.34. The van der Waals surface area contributed by atoms with E-state index in [1.807, 2.05) is 6.20 Å². The van der Waals surface area contributed by atoms with E-state index < -0.39 is 0 Å². The van der Waals surface area contributed by atoms with Crippen molar-refractivity contribution < 1.29 is 4.79 Å². The second-order valence-electron chi connectivity index (χ2n) is 8.67. The standard InChI is InChI=1S/C22H28N8O/c23-13-17-14-30(12-11-28-7-1-2-8-28)21(26-17)16-5-9-29(10-6-16)22-18-3-4-19(31)27-20(18)24-15-25-22/h14-16H,1-12H2,(H,24,25,27,31). The average Bonchev–Trinajstić information content (AvgIpc) is 3.47. The van der Waals surface area contributed by atoms with Gasteiger partial charge in [0.05, 0.1) is 0 Å². The first-order chi connectivity index (χ1) is 15.2. The molecule has 0 spiro atoms. The van der Waals surface area contributed by atoms with Gasteiger partial charge in [-0.2, -0.15) is 5.26 Å². The summed E-state index contributed by atoms with van der Waals surface area (Å²) in [6.45, 7) is 6.02. The van der Waals surface area contributed by atoms with E-state index in [-0.39, 0.29) is 5.91 Å². The van der Waals surface area contributed by atoms with Crippen LogP contribution in [0.5, 0.6) is 0 Å². The number of nitriles is 1. The van der Waals surface area contributed by atoms with E-state index in [1.165, 1.54) is 32.3 Å². The van der Waals surface area contributed by atoms with Gasteiger partial charge in [0.25, 0.3) is 0 Å². The number of fused-ring (bicyclic) bond motifs is 1. The van der Waals surface area contributed by atoms with Crippen molar-refractivity contribution in [1.29, 1.82) is 5.26 Å². The molecule has 0 aromatic carbocycles. The number of nitrogens with one attached hydrogen (secondary N) is 1. The Morgan fingerprint density at radius 2 is 1.90 bits per heavy atom. The van der Waals surface area contributed by atoms with E-state index in [4.69, 9.17) is 0 Å². The minimum atomic E-state index is 0.0184. The summed E-state index contributed by atoms with van der Waals surface area (Å²) in [5.74, 6) is 3.00. The molecule has 2 fully saturated rings. The van der Waals surface area contributed by atoms with Gasteiger partial charge < -0.3 is 19.7 Å². The number of hydrogen-bond acceptors (Lipinski definition) is 7. The van der Waals surface area contributed by atoms with Crippen molar-refractivity contribution in [3.8, 4) is 6.07 Å². The molecule has 1 N–H and O–H groups in total. The fraction of sp³-hybridized carbons (Fsp3) is 0.591. The number of carbonyl (C=O) groups excluding carboxylic acids is 1. The number of likely N-dealkylation sites (tertiary alicyclic amines) is 1. The molecule has 2 aromatic heterocycles. The number of amides is 1. The van der Waals surface area contributed by atoms with Crippen LogP contribution in [0.4, 0.5) is 11.6 Å². The molecule has 0 bridgehead atoms. The summed E-state index contributed by atoms with van der Waals surface area (Å²) in [4.78, 5) is 29.9. The van der Waals surface area contributed by atoms with Crippen molar-refractivity contribution in [2.75, 3.05) is 42.9 Å². The molecule has 0 unspecified atom stereocenters. The van der Waals surface area contributed by atoms with Crippen LogP contribution in [-0.2, 0) is 17.8 Å². The minimum absolute atomic E-state index is 0.0184. The predicted molar refractivity (Wildman–Crippen MR) is 116 cm³/mol. The average molecular weight is 421 g/mol. The van der Waals surface area contributed by atoms with Gasteiger partial charge in [0.15, 0.2) is 5.69 Å². The molecule has 0 aliphatic carbocycles. The van der Waals surface area contributed by atoms with Crippen LogP contribution in [0.3, 0.4) is 0 Å². The minimum Gasteiger partial charge on any atom is -0.356 e. The summed E-state index contributed by atoms with van der Waals surface area (Å²) in [5.41, 5.74) is 1.55. The van der Waals surface area contributed by atoms with Gasteiger partial charge in [-0.15, -0.1) is 0 Å². The highest BCUT2D eigenvalue weighted by Crippen LogP contribution is 2.33.